The van der Waals surface area contributed by atoms with Crippen molar-refractivity contribution in [3.05, 3.63) is 0 Å². The lowest BCUT2D eigenvalue weighted by atomic mass is 9.44. The van der Waals surface area contributed by atoms with Crippen molar-refractivity contribution in [2.45, 2.75) is 78.2 Å². The summed E-state index contributed by atoms with van der Waals surface area (Å²) in [6.07, 6.45) is 7.92. The molecule has 142 valence electrons. The molecule has 0 spiro atoms. The van der Waals surface area contributed by atoms with Gasteiger partial charge in [0.2, 0.25) is 0 Å². The third-order valence-electron chi connectivity index (χ3n) is 9.55. The van der Waals surface area contributed by atoms with Crippen molar-refractivity contribution in [1.29, 1.82) is 0 Å². The maximum absolute atomic E-state index is 12.0. The minimum absolute atomic E-state index is 0.234. The van der Waals surface area contributed by atoms with Crippen LogP contribution in [0.15, 0.2) is 0 Å². The van der Waals surface area contributed by atoms with Gasteiger partial charge in [-0.25, -0.2) is 0 Å². The van der Waals surface area contributed by atoms with E-state index >= 15 is 0 Å². The number of carbonyl (C=O) groups excluding carboxylic acids is 1. The van der Waals surface area contributed by atoms with E-state index in [0.29, 0.717) is 47.7 Å². The summed E-state index contributed by atoms with van der Waals surface area (Å²) < 4.78 is 0. The fourth-order valence-electron chi connectivity index (χ4n) is 8.12. The number of ketones is 1. The Kier molecular flexibility index (Phi) is 4.35. The van der Waals surface area contributed by atoms with Gasteiger partial charge in [-0.3, -0.25) is 4.79 Å². The molecule has 3 nitrogen and oxygen atoms in total. The summed E-state index contributed by atoms with van der Waals surface area (Å²) in [5.41, 5.74) is 0.526. The Morgan fingerprint density at radius 2 is 1.84 bits per heavy atom. The Labute approximate surface area is 152 Å². The molecule has 25 heavy (non-hydrogen) atoms. The van der Waals surface area contributed by atoms with Gasteiger partial charge < -0.3 is 10.2 Å². The van der Waals surface area contributed by atoms with Gasteiger partial charge in [0.05, 0.1) is 6.10 Å². The molecule has 0 heterocycles. The highest BCUT2D eigenvalue weighted by molar-refractivity contribution is 5.79. The molecule has 9 atom stereocenters. The van der Waals surface area contributed by atoms with E-state index in [-0.39, 0.29) is 23.5 Å². The molecular weight excluding hydrogens is 312 g/mol. The van der Waals surface area contributed by atoms with E-state index in [1.54, 1.807) is 0 Å². The molecule has 2 N–H and O–H groups in total. The normalized spacial score (nSPS) is 53.7. The van der Waals surface area contributed by atoms with Crippen molar-refractivity contribution in [2.75, 3.05) is 6.61 Å². The summed E-state index contributed by atoms with van der Waals surface area (Å²) in [6.45, 7) is 7.36. The highest BCUT2D eigenvalue weighted by atomic mass is 16.3. The molecule has 0 aromatic heterocycles. The quantitative estimate of drug-likeness (QED) is 0.798. The first-order valence-corrected chi connectivity index (χ1v) is 10.6. The third-order valence-corrected chi connectivity index (χ3v) is 9.55. The van der Waals surface area contributed by atoms with E-state index in [2.05, 4.69) is 20.8 Å². The van der Waals surface area contributed by atoms with Crippen molar-refractivity contribution in [3.8, 4) is 0 Å². The van der Waals surface area contributed by atoms with E-state index in [1.807, 2.05) is 0 Å². The molecule has 4 aliphatic rings. The second-order valence-corrected chi connectivity index (χ2v) is 10.4. The Bertz CT molecular complexity index is 545. The van der Waals surface area contributed by atoms with Crippen molar-refractivity contribution < 1.29 is 15.0 Å². The lowest BCUT2D eigenvalue weighted by Gasteiger charge is -2.61. The van der Waals surface area contributed by atoms with E-state index in [9.17, 15) is 15.0 Å². The van der Waals surface area contributed by atoms with Crippen molar-refractivity contribution >= 4 is 5.78 Å². The smallest absolute Gasteiger partial charge is 0.133 e. The van der Waals surface area contributed by atoms with Crippen LogP contribution in [0.5, 0.6) is 0 Å². The summed E-state index contributed by atoms with van der Waals surface area (Å²) in [5.74, 6) is 3.33. The summed E-state index contributed by atoms with van der Waals surface area (Å²) >= 11 is 0. The molecule has 0 radical (unpaired) electrons. The zero-order chi connectivity index (χ0) is 18.0. The fourth-order valence-corrected chi connectivity index (χ4v) is 8.12. The Balaban J connectivity index is 1.64. The van der Waals surface area contributed by atoms with Gasteiger partial charge >= 0.3 is 0 Å². The molecule has 0 aromatic rings. The highest BCUT2D eigenvalue weighted by Gasteiger charge is 2.62. The highest BCUT2D eigenvalue weighted by Crippen LogP contribution is 2.67. The Hall–Kier alpha value is -0.410. The van der Waals surface area contributed by atoms with E-state index in [1.165, 1.54) is 25.7 Å². The molecule has 3 heteroatoms. The van der Waals surface area contributed by atoms with Crippen LogP contribution in [0.3, 0.4) is 0 Å². The molecule has 0 aliphatic heterocycles. The first-order valence-electron chi connectivity index (χ1n) is 10.6. The summed E-state index contributed by atoms with van der Waals surface area (Å²) in [7, 11) is 0. The zero-order valence-corrected chi connectivity index (χ0v) is 16.2. The SMILES string of the molecule is CC(CO)C1CCC2C3C(O)C[C@H]4CC(=O)CCC4(C)C3CCC12C. The van der Waals surface area contributed by atoms with Crippen LogP contribution in [0.2, 0.25) is 0 Å². The number of hydrogen-bond donors (Lipinski definition) is 2. The molecule has 0 saturated heterocycles. The van der Waals surface area contributed by atoms with E-state index < -0.39 is 0 Å². The minimum Gasteiger partial charge on any atom is -0.396 e. The van der Waals surface area contributed by atoms with Crippen LogP contribution in [0.4, 0.5) is 0 Å². The van der Waals surface area contributed by atoms with Crippen LogP contribution in [0.25, 0.3) is 0 Å². The topological polar surface area (TPSA) is 57.5 Å². The van der Waals surface area contributed by atoms with Gasteiger partial charge in [-0.15, -0.1) is 0 Å². The van der Waals surface area contributed by atoms with Crippen molar-refractivity contribution in [1.82, 2.24) is 0 Å². The summed E-state index contributed by atoms with van der Waals surface area (Å²) in [6, 6.07) is 0. The second kappa shape index (κ2) is 6.05. The molecule has 4 saturated carbocycles. The van der Waals surface area contributed by atoms with Crippen LogP contribution in [-0.4, -0.2) is 28.7 Å². The molecule has 4 aliphatic carbocycles. The van der Waals surface area contributed by atoms with Gasteiger partial charge in [-0.2, -0.15) is 0 Å². The maximum atomic E-state index is 12.0. The second-order valence-electron chi connectivity index (χ2n) is 10.4. The lowest BCUT2D eigenvalue weighted by Crippen LogP contribution is -2.58. The first kappa shape index (κ1) is 18.0. The molecule has 0 aromatic carbocycles. The van der Waals surface area contributed by atoms with Crippen LogP contribution < -0.4 is 0 Å². The number of carbonyl (C=O) groups is 1. The van der Waals surface area contributed by atoms with Gasteiger partial charge in [-0.1, -0.05) is 20.8 Å². The van der Waals surface area contributed by atoms with Crippen molar-refractivity contribution in [3.63, 3.8) is 0 Å². The minimum atomic E-state index is -0.234. The van der Waals surface area contributed by atoms with Gasteiger partial charge in [0.15, 0.2) is 0 Å². The van der Waals surface area contributed by atoms with Crippen LogP contribution in [-0.2, 0) is 4.79 Å². The number of aliphatic hydroxyl groups excluding tert-OH is 2. The van der Waals surface area contributed by atoms with Gasteiger partial charge in [-0.05, 0) is 84.9 Å². The number of aliphatic hydroxyl groups is 2. The lowest BCUT2D eigenvalue weighted by molar-refractivity contribution is -0.169. The number of hydrogen-bond acceptors (Lipinski definition) is 3. The van der Waals surface area contributed by atoms with Gasteiger partial charge in [0.1, 0.15) is 5.78 Å². The Morgan fingerprint density at radius 1 is 1.12 bits per heavy atom. The zero-order valence-electron chi connectivity index (χ0n) is 16.2. The molecule has 8 unspecified atom stereocenters. The largest absolute Gasteiger partial charge is 0.396 e. The predicted octanol–water partition coefficient (Wildman–Crippen LogP) is 3.81. The number of rotatable bonds is 2. The third kappa shape index (κ3) is 2.48. The average molecular weight is 349 g/mol. The fraction of sp³-hybridized carbons (Fsp3) is 0.955. The van der Waals surface area contributed by atoms with Crippen LogP contribution in [0.1, 0.15) is 72.1 Å². The van der Waals surface area contributed by atoms with Gasteiger partial charge in [0.25, 0.3) is 0 Å². The molecule has 0 amide bonds. The van der Waals surface area contributed by atoms with Crippen LogP contribution >= 0.6 is 0 Å². The monoisotopic (exact) mass is 348 g/mol. The van der Waals surface area contributed by atoms with Gasteiger partial charge in [0, 0.05) is 19.4 Å². The van der Waals surface area contributed by atoms with Crippen molar-refractivity contribution in [2.24, 2.45) is 46.3 Å². The molecule has 4 fully saturated rings. The average Bonchev–Trinajstić information content (AvgIpc) is 2.93. The predicted molar refractivity (Wildman–Crippen MR) is 97.9 cm³/mol. The number of Topliss-reactive ketones (excluding diaryl/α,β-unsaturated/α-hetero) is 1. The Morgan fingerprint density at radius 3 is 2.56 bits per heavy atom. The molecule has 4 rings (SSSR count). The summed E-state index contributed by atoms with van der Waals surface area (Å²) in [4.78, 5) is 12.0. The summed E-state index contributed by atoms with van der Waals surface area (Å²) in [5, 5.41) is 20.9. The number of fused-ring (bicyclic) bond motifs is 5. The molecular formula is C22H36O3. The van der Waals surface area contributed by atoms with Crippen LogP contribution in [0, 0.1) is 46.3 Å². The van der Waals surface area contributed by atoms with E-state index in [0.717, 1.165) is 19.3 Å². The first-order chi connectivity index (χ1) is 11.8. The molecule has 0 bridgehead atoms. The van der Waals surface area contributed by atoms with E-state index in [4.69, 9.17) is 0 Å². The standard InChI is InChI=1S/C22H36O3/c1-13(12-23)16-4-5-17-20-18(7-9-22(16,17)3)21(2)8-6-15(24)10-14(21)11-19(20)25/h13-14,16-20,23,25H,4-12H2,1-3H3/t13?,14-,16?,17?,18?,19?,20?,21?,22?/m1/s1. The maximum Gasteiger partial charge on any atom is 0.133 e.